The molecule has 1 fully saturated rings. The molecule has 1 saturated heterocycles. The zero-order valence-electron chi connectivity index (χ0n) is 15.1. The number of phenols is 1. The first kappa shape index (κ1) is 18.1. The van der Waals surface area contributed by atoms with E-state index < -0.39 is 0 Å². The van der Waals surface area contributed by atoms with Gasteiger partial charge >= 0.3 is 0 Å². The van der Waals surface area contributed by atoms with Gasteiger partial charge in [0, 0.05) is 0 Å². The van der Waals surface area contributed by atoms with Gasteiger partial charge < -0.3 is 9.84 Å². The van der Waals surface area contributed by atoms with Crippen LogP contribution >= 0.6 is 11.8 Å². The van der Waals surface area contributed by atoms with Gasteiger partial charge in [0.05, 0.1) is 18.6 Å². The van der Waals surface area contributed by atoms with E-state index in [2.05, 4.69) is 0 Å². The molecular weight excluding hydrogens is 374 g/mol. The Hall–Kier alpha value is -3.25. The van der Waals surface area contributed by atoms with Gasteiger partial charge in [-0.3, -0.25) is 14.5 Å². The number of amides is 2. The van der Waals surface area contributed by atoms with Crippen LogP contribution in [0.25, 0.3) is 16.8 Å². The molecule has 0 saturated carbocycles. The molecule has 6 heteroatoms. The normalized spacial score (nSPS) is 15.6. The summed E-state index contributed by atoms with van der Waals surface area (Å²) >= 11 is 0.903. The van der Waals surface area contributed by atoms with Crippen LogP contribution in [-0.2, 0) is 11.3 Å². The van der Waals surface area contributed by atoms with Crippen molar-refractivity contribution in [2.75, 3.05) is 7.11 Å². The fourth-order valence-electron chi connectivity index (χ4n) is 3.19. The van der Waals surface area contributed by atoms with E-state index in [9.17, 15) is 14.7 Å². The monoisotopic (exact) mass is 391 g/mol. The number of nitrogens with zero attached hydrogens (tertiary/aromatic N) is 1. The number of fused-ring (bicyclic) bond motifs is 1. The van der Waals surface area contributed by atoms with Crippen LogP contribution in [0.4, 0.5) is 4.79 Å². The van der Waals surface area contributed by atoms with E-state index in [-0.39, 0.29) is 23.4 Å². The van der Waals surface area contributed by atoms with E-state index in [0.717, 1.165) is 28.1 Å². The Morgan fingerprint density at radius 2 is 1.86 bits per heavy atom. The van der Waals surface area contributed by atoms with E-state index in [1.807, 2.05) is 42.5 Å². The van der Waals surface area contributed by atoms with Gasteiger partial charge in [-0.05, 0) is 51.9 Å². The number of hydrogen-bond acceptors (Lipinski definition) is 5. The Labute approximate surface area is 166 Å². The van der Waals surface area contributed by atoms with Gasteiger partial charge in [-0.25, -0.2) is 0 Å². The Morgan fingerprint density at radius 1 is 1.07 bits per heavy atom. The number of aromatic hydroxyl groups is 1. The molecule has 28 heavy (non-hydrogen) atoms. The zero-order chi connectivity index (χ0) is 19.7. The molecule has 0 atom stereocenters. The fourth-order valence-corrected chi connectivity index (χ4v) is 4.02. The number of methoxy groups -OCH3 is 1. The molecule has 140 valence electrons. The molecule has 1 aliphatic heterocycles. The largest absolute Gasteiger partial charge is 0.504 e. The molecule has 0 unspecified atom stereocenters. The molecule has 1 heterocycles. The van der Waals surface area contributed by atoms with Gasteiger partial charge in [0.25, 0.3) is 11.1 Å². The molecule has 0 aliphatic carbocycles. The van der Waals surface area contributed by atoms with Crippen molar-refractivity contribution >= 4 is 39.8 Å². The highest BCUT2D eigenvalue weighted by molar-refractivity contribution is 8.18. The second-order valence-electron chi connectivity index (χ2n) is 6.34. The van der Waals surface area contributed by atoms with Crippen molar-refractivity contribution in [3.05, 3.63) is 76.7 Å². The smallest absolute Gasteiger partial charge is 0.293 e. The maximum Gasteiger partial charge on any atom is 0.293 e. The first-order valence-corrected chi connectivity index (χ1v) is 9.47. The van der Waals surface area contributed by atoms with Crippen molar-refractivity contribution in [1.29, 1.82) is 0 Å². The van der Waals surface area contributed by atoms with Gasteiger partial charge in [0.15, 0.2) is 11.5 Å². The fraction of sp³-hybridized carbons (Fsp3) is 0.0909. The van der Waals surface area contributed by atoms with Crippen LogP contribution in [-0.4, -0.2) is 28.3 Å². The summed E-state index contributed by atoms with van der Waals surface area (Å²) < 4.78 is 5.02. The number of hydrogen-bond donors (Lipinski definition) is 1. The molecule has 3 aromatic rings. The summed E-state index contributed by atoms with van der Waals surface area (Å²) in [5.74, 6) is -0.00862. The number of thioether (sulfide) groups is 1. The first-order valence-electron chi connectivity index (χ1n) is 8.66. The Balaban J connectivity index is 1.61. The van der Waals surface area contributed by atoms with Crippen molar-refractivity contribution in [1.82, 2.24) is 4.90 Å². The van der Waals surface area contributed by atoms with Gasteiger partial charge in [-0.2, -0.15) is 0 Å². The maximum atomic E-state index is 12.8. The molecular formula is C22H17NO4S. The van der Waals surface area contributed by atoms with Crippen LogP contribution in [0.15, 0.2) is 65.6 Å². The van der Waals surface area contributed by atoms with Crippen LogP contribution in [0, 0.1) is 0 Å². The van der Waals surface area contributed by atoms with Crippen LogP contribution in [0.1, 0.15) is 11.1 Å². The van der Waals surface area contributed by atoms with Crippen molar-refractivity contribution < 1.29 is 19.4 Å². The minimum atomic E-state index is -0.335. The Morgan fingerprint density at radius 3 is 2.64 bits per heavy atom. The number of imide groups is 1. The average Bonchev–Trinajstić information content (AvgIpc) is 2.96. The third kappa shape index (κ3) is 3.34. The predicted octanol–water partition coefficient (Wildman–Crippen LogP) is 4.79. The number of carbonyl (C=O) groups is 2. The standard InChI is InChI=1S/C22H17NO4S/c1-27-19-10-9-14(11-18(19)24)12-20-21(25)23(22(26)28-20)13-16-7-4-6-15-5-2-3-8-17(15)16/h2-12,24H,13H2,1H3/b20-12+. The molecule has 2 amide bonds. The lowest BCUT2D eigenvalue weighted by Crippen LogP contribution is -2.27. The van der Waals surface area contributed by atoms with Crippen molar-refractivity contribution in [3.63, 3.8) is 0 Å². The minimum absolute atomic E-state index is 0.0220. The lowest BCUT2D eigenvalue weighted by Gasteiger charge is -2.14. The summed E-state index contributed by atoms with van der Waals surface area (Å²) in [5.41, 5.74) is 1.54. The second-order valence-corrected chi connectivity index (χ2v) is 7.33. The highest BCUT2D eigenvalue weighted by Gasteiger charge is 2.35. The Kier molecular flexibility index (Phi) is 4.79. The molecule has 0 spiro atoms. The van der Waals surface area contributed by atoms with E-state index in [4.69, 9.17) is 4.74 Å². The highest BCUT2D eigenvalue weighted by atomic mass is 32.2. The summed E-state index contributed by atoms with van der Waals surface area (Å²) in [7, 11) is 1.47. The average molecular weight is 391 g/mol. The van der Waals surface area contributed by atoms with Crippen molar-refractivity contribution in [2.45, 2.75) is 6.54 Å². The molecule has 0 bridgehead atoms. The summed E-state index contributed by atoms with van der Waals surface area (Å²) in [6.45, 7) is 0.219. The van der Waals surface area contributed by atoms with E-state index >= 15 is 0 Å². The third-order valence-corrected chi connectivity index (χ3v) is 5.49. The van der Waals surface area contributed by atoms with Crippen molar-refractivity contribution in [2.24, 2.45) is 0 Å². The summed E-state index contributed by atoms with van der Waals surface area (Å²) in [6.07, 6.45) is 1.60. The van der Waals surface area contributed by atoms with Gasteiger partial charge in [-0.15, -0.1) is 0 Å². The predicted molar refractivity (Wildman–Crippen MR) is 110 cm³/mol. The summed E-state index contributed by atoms with van der Waals surface area (Å²) in [4.78, 5) is 26.8. The van der Waals surface area contributed by atoms with E-state index in [1.54, 1.807) is 18.2 Å². The number of ether oxygens (including phenoxy) is 1. The van der Waals surface area contributed by atoms with Crippen LogP contribution in [0.5, 0.6) is 11.5 Å². The third-order valence-electron chi connectivity index (χ3n) is 4.58. The van der Waals surface area contributed by atoms with Gasteiger partial charge in [0.1, 0.15) is 0 Å². The lowest BCUT2D eigenvalue weighted by atomic mass is 10.0. The molecule has 3 aromatic carbocycles. The summed E-state index contributed by atoms with van der Waals surface area (Å²) in [5, 5.41) is 11.7. The van der Waals surface area contributed by atoms with E-state index in [0.29, 0.717) is 16.2 Å². The molecule has 0 radical (unpaired) electrons. The minimum Gasteiger partial charge on any atom is -0.504 e. The molecule has 5 nitrogen and oxygen atoms in total. The SMILES string of the molecule is COc1ccc(/C=C2/SC(=O)N(Cc3cccc4ccccc34)C2=O)cc1O. The summed E-state index contributed by atoms with van der Waals surface area (Å²) in [6, 6.07) is 18.6. The quantitative estimate of drug-likeness (QED) is 0.648. The maximum absolute atomic E-state index is 12.8. The molecule has 1 aliphatic rings. The highest BCUT2D eigenvalue weighted by Crippen LogP contribution is 2.35. The van der Waals surface area contributed by atoms with Gasteiger partial charge in [0.2, 0.25) is 0 Å². The van der Waals surface area contributed by atoms with E-state index in [1.165, 1.54) is 18.1 Å². The molecule has 4 rings (SSSR count). The number of benzene rings is 3. The molecule has 1 N–H and O–H groups in total. The number of phenolic OH excluding ortho intramolecular Hbond substituents is 1. The lowest BCUT2D eigenvalue weighted by molar-refractivity contribution is -0.123. The first-order chi connectivity index (χ1) is 13.6. The van der Waals surface area contributed by atoms with Gasteiger partial charge in [-0.1, -0.05) is 48.5 Å². The Bertz CT molecular complexity index is 1120. The van der Waals surface area contributed by atoms with Crippen LogP contribution < -0.4 is 4.74 Å². The van der Waals surface area contributed by atoms with Crippen LogP contribution in [0.2, 0.25) is 0 Å². The van der Waals surface area contributed by atoms with Crippen LogP contribution in [0.3, 0.4) is 0 Å². The number of carbonyl (C=O) groups excluding carboxylic acids is 2. The topological polar surface area (TPSA) is 66.8 Å². The molecule has 0 aromatic heterocycles. The number of rotatable bonds is 4. The zero-order valence-corrected chi connectivity index (χ0v) is 15.9. The second kappa shape index (κ2) is 7.40. The van der Waals surface area contributed by atoms with Crippen molar-refractivity contribution in [3.8, 4) is 11.5 Å².